The molecule has 76 valence electrons. The molecule has 14 heavy (non-hydrogen) atoms. The molecule has 1 aliphatic carbocycles. The summed E-state index contributed by atoms with van der Waals surface area (Å²) in [6.45, 7) is 0.478. The maximum Gasteiger partial charge on any atom is 0.162 e. The van der Waals surface area contributed by atoms with Crippen LogP contribution in [0.15, 0.2) is 18.2 Å². The second-order valence-electron chi connectivity index (χ2n) is 3.55. The van der Waals surface area contributed by atoms with E-state index < -0.39 is 11.6 Å². The van der Waals surface area contributed by atoms with Gasteiger partial charge in [0.05, 0.1) is 6.61 Å². The molecule has 2 rings (SSSR count). The number of nitrogens with two attached hydrogens (primary N) is 1. The van der Waals surface area contributed by atoms with Crippen molar-refractivity contribution >= 4 is 0 Å². The van der Waals surface area contributed by atoms with Crippen LogP contribution in [0.25, 0.3) is 0 Å². The summed E-state index contributed by atoms with van der Waals surface area (Å²) in [5, 5.41) is 0. The van der Waals surface area contributed by atoms with Gasteiger partial charge in [0.15, 0.2) is 11.6 Å². The van der Waals surface area contributed by atoms with Crippen LogP contribution in [0.2, 0.25) is 0 Å². The standard InChI is InChI=1S/C10H11F2NO/c11-8-2-1-7(4-9(8)12)14-5-6-3-10(6)13/h1-2,4,6,10H,3,5,13H2. The molecule has 2 atom stereocenters. The highest BCUT2D eigenvalue weighted by molar-refractivity contribution is 5.23. The molecule has 2 unspecified atom stereocenters. The lowest BCUT2D eigenvalue weighted by molar-refractivity contribution is 0.294. The summed E-state index contributed by atoms with van der Waals surface area (Å²) in [6.07, 6.45) is 0.948. The number of benzene rings is 1. The lowest BCUT2D eigenvalue weighted by Crippen LogP contribution is -2.08. The summed E-state index contributed by atoms with van der Waals surface area (Å²) in [5.74, 6) is -1.03. The summed E-state index contributed by atoms with van der Waals surface area (Å²) in [4.78, 5) is 0. The van der Waals surface area contributed by atoms with Crippen molar-refractivity contribution in [3.05, 3.63) is 29.8 Å². The van der Waals surface area contributed by atoms with Gasteiger partial charge in [-0.25, -0.2) is 8.78 Å². The van der Waals surface area contributed by atoms with Gasteiger partial charge < -0.3 is 10.5 Å². The summed E-state index contributed by atoms with van der Waals surface area (Å²) >= 11 is 0. The van der Waals surface area contributed by atoms with Crippen molar-refractivity contribution in [2.45, 2.75) is 12.5 Å². The average molecular weight is 199 g/mol. The van der Waals surface area contributed by atoms with Crippen molar-refractivity contribution in [3.8, 4) is 5.75 Å². The Kier molecular flexibility index (Phi) is 2.37. The first-order valence-corrected chi connectivity index (χ1v) is 4.50. The third-order valence-electron chi connectivity index (χ3n) is 2.33. The van der Waals surface area contributed by atoms with Crippen LogP contribution >= 0.6 is 0 Å². The first kappa shape index (κ1) is 9.40. The van der Waals surface area contributed by atoms with Crippen LogP contribution in [-0.4, -0.2) is 12.6 Å². The Morgan fingerprint density at radius 3 is 2.64 bits per heavy atom. The monoisotopic (exact) mass is 199 g/mol. The van der Waals surface area contributed by atoms with Gasteiger partial charge in [-0.2, -0.15) is 0 Å². The van der Waals surface area contributed by atoms with E-state index >= 15 is 0 Å². The Labute approximate surface area is 80.7 Å². The minimum atomic E-state index is -0.886. The second kappa shape index (κ2) is 3.53. The van der Waals surface area contributed by atoms with Crippen LogP contribution in [0.4, 0.5) is 8.78 Å². The minimum Gasteiger partial charge on any atom is -0.493 e. The van der Waals surface area contributed by atoms with Crippen LogP contribution in [-0.2, 0) is 0 Å². The van der Waals surface area contributed by atoms with Gasteiger partial charge in [0.2, 0.25) is 0 Å². The molecule has 4 heteroatoms. The van der Waals surface area contributed by atoms with Crippen LogP contribution in [0.5, 0.6) is 5.75 Å². The molecule has 0 bridgehead atoms. The van der Waals surface area contributed by atoms with E-state index in [1.807, 2.05) is 0 Å². The number of hydrogen-bond acceptors (Lipinski definition) is 2. The summed E-state index contributed by atoms with van der Waals surface area (Å²) in [6, 6.07) is 3.72. The third kappa shape index (κ3) is 2.01. The number of halogens is 2. The molecule has 1 saturated carbocycles. The Bertz CT molecular complexity index is 343. The van der Waals surface area contributed by atoms with Gasteiger partial charge in [0.1, 0.15) is 5.75 Å². The van der Waals surface area contributed by atoms with Crippen LogP contribution in [0.3, 0.4) is 0 Å². The van der Waals surface area contributed by atoms with E-state index in [1.54, 1.807) is 0 Å². The first-order valence-electron chi connectivity index (χ1n) is 4.50. The zero-order chi connectivity index (χ0) is 10.1. The van der Waals surface area contributed by atoms with Gasteiger partial charge in [-0.15, -0.1) is 0 Å². The van der Waals surface area contributed by atoms with Crippen LogP contribution in [0, 0.1) is 17.6 Å². The molecule has 1 aliphatic rings. The molecule has 1 aromatic rings. The molecule has 0 heterocycles. The SMILES string of the molecule is NC1CC1COc1ccc(F)c(F)c1. The number of hydrogen-bond donors (Lipinski definition) is 1. The van der Waals surface area contributed by atoms with E-state index in [1.165, 1.54) is 6.07 Å². The van der Waals surface area contributed by atoms with E-state index in [2.05, 4.69) is 0 Å². The lowest BCUT2D eigenvalue weighted by Gasteiger charge is -2.05. The topological polar surface area (TPSA) is 35.2 Å². The predicted octanol–water partition coefficient (Wildman–Crippen LogP) is 1.69. The summed E-state index contributed by atoms with van der Waals surface area (Å²) < 4.78 is 30.5. The van der Waals surface area contributed by atoms with Crippen molar-refractivity contribution in [1.29, 1.82) is 0 Å². The average Bonchev–Trinajstić information content (AvgIpc) is 2.85. The highest BCUT2D eigenvalue weighted by Crippen LogP contribution is 2.28. The maximum atomic E-state index is 12.7. The van der Waals surface area contributed by atoms with Gasteiger partial charge in [0, 0.05) is 18.0 Å². The van der Waals surface area contributed by atoms with Crippen LogP contribution in [0.1, 0.15) is 6.42 Å². The normalized spacial score (nSPS) is 24.8. The zero-order valence-electron chi connectivity index (χ0n) is 7.54. The quantitative estimate of drug-likeness (QED) is 0.804. The molecule has 2 nitrogen and oxygen atoms in total. The molecule has 1 fully saturated rings. The van der Waals surface area contributed by atoms with E-state index in [0.29, 0.717) is 18.3 Å². The fourth-order valence-electron chi connectivity index (χ4n) is 1.23. The number of ether oxygens (including phenoxy) is 1. The largest absolute Gasteiger partial charge is 0.493 e. The van der Waals surface area contributed by atoms with Gasteiger partial charge in [-0.3, -0.25) is 0 Å². The number of rotatable bonds is 3. The highest BCUT2D eigenvalue weighted by Gasteiger charge is 2.33. The highest BCUT2D eigenvalue weighted by atomic mass is 19.2. The third-order valence-corrected chi connectivity index (χ3v) is 2.33. The Morgan fingerprint density at radius 2 is 2.07 bits per heavy atom. The van der Waals surface area contributed by atoms with Crippen molar-refractivity contribution in [2.24, 2.45) is 11.7 Å². The lowest BCUT2D eigenvalue weighted by atomic mass is 10.3. The zero-order valence-corrected chi connectivity index (χ0v) is 7.54. The Balaban J connectivity index is 1.92. The maximum absolute atomic E-state index is 12.7. The molecular weight excluding hydrogens is 188 g/mol. The van der Waals surface area contributed by atoms with Crippen molar-refractivity contribution < 1.29 is 13.5 Å². The molecule has 0 saturated heterocycles. The van der Waals surface area contributed by atoms with Crippen LogP contribution < -0.4 is 10.5 Å². The molecular formula is C10H11F2NO. The molecule has 0 aliphatic heterocycles. The molecule has 2 N–H and O–H groups in total. The molecule has 0 spiro atoms. The van der Waals surface area contributed by atoms with Crippen molar-refractivity contribution in [3.63, 3.8) is 0 Å². The van der Waals surface area contributed by atoms with E-state index in [4.69, 9.17) is 10.5 Å². The Morgan fingerprint density at radius 1 is 1.36 bits per heavy atom. The van der Waals surface area contributed by atoms with Crippen molar-refractivity contribution in [2.75, 3.05) is 6.61 Å². The van der Waals surface area contributed by atoms with Crippen molar-refractivity contribution in [1.82, 2.24) is 0 Å². The van der Waals surface area contributed by atoms with E-state index in [9.17, 15) is 8.78 Å². The fourth-order valence-corrected chi connectivity index (χ4v) is 1.23. The molecule has 0 radical (unpaired) electrons. The first-order chi connectivity index (χ1) is 6.66. The fraction of sp³-hybridized carbons (Fsp3) is 0.400. The molecule has 0 amide bonds. The summed E-state index contributed by atoms with van der Waals surface area (Å²) in [7, 11) is 0. The predicted molar refractivity (Wildman–Crippen MR) is 47.9 cm³/mol. The van der Waals surface area contributed by atoms with E-state index in [-0.39, 0.29) is 6.04 Å². The van der Waals surface area contributed by atoms with E-state index in [0.717, 1.165) is 18.6 Å². The van der Waals surface area contributed by atoms with Gasteiger partial charge in [-0.1, -0.05) is 0 Å². The smallest absolute Gasteiger partial charge is 0.162 e. The summed E-state index contributed by atoms with van der Waals surface area (Å²) in [5.41, 5.74) is 5.57. The van der Waals surface area contributed by atoms with Gasteiger partial charge in [-0.05, 0) is 18.6 Å². The van der Waals surface area contributed by atoms with Gasteiger partial charge >= 0.3 is 0 Å². The second-order valence-corrected chi connectivity index (χ2v) is 3.55. The van der Waals surface area contributed by atoms with Gasteiger partial charge in [0.25, 0.3) is 0 Å². The molecule has 1 aromatic carbocycles. The minimum absolute atomic E-state index is 0.209. The Hall–Kier alpha value is -1.16. The molecule has 0 aromatic heterocycles.